The zero-order valence-electron chi connectivity index (χ0n) is 9.19. The molecule has 0 aliphatic heterocycles. The molecule has 0 radical (unpaired) electrons. The topological polar surface area (TPSA) is 37.8 Å². The van der Waals surface area contributed by atoms with Crippen LogP contribution in [-0.4, -0.2) is 26.4 Å². The monoisotopic (exact) mass is 243 g/mol. The van der Waals surface area contributed by atoms with Crippen molar-refractivity contribution < 1.29 is 0 Å². The highest BCUT2D eigenvalue weighted by molar-refractivity contribution is 7.99. The van der Waals surface area contributed by atoms with E-state index in [1.54, 1.807) is 0 Å². The first-order chi connectivity index (χ1) is 7.29. The Balaban J connectivity index is 1.93. The highest BCUT2D eigenvalue weighted by Crippen LogP contribution is 2.32. The standard InChI is InChI=1S/C10H17N3S2/c1-3-14-9-6-4-5-8(9)12-10-11-7(2)13-15-10/h8-9H,3-6H2,1-2H3,(H,11,12,13)/t8-,9-/m1/s1. The van der Waals surface area contributed by atoms with Gasteiger partial charge in [0.25, 0.3) is 0 Å². The lowest BCUT2D eigenvalue weighted by atomic mass is 10.2. The highest BCUT2D eigenvalue weighted by Gasteiger charge is 2.27. The molecule has 0 aromatic carbocycles. The Hall–Kier alpha value is -0.290. The number of rotatable bonds is 4. The molecule has 0 saturated heterocycles. The molecule has 3 nitrogen and oxygen atoms in total. The van der Waals surface area contributed by atoms with Crippen molar-refractivity contribution in [2.24, 2.45) is 0 Å². The Kier molecular flexibility index (Phi) is 3.86. The number of thioether (sulfide) groups is 1. The summed E-state index contributed by atoms with van der Waals surface area (Å²) in [5, 5.41) is 5.27. The van der Waals surface area contributed by atoms with Crippen LogP contribution in [0.1, 0.15) is 32.0 Å². The lowest BCUT2D eigenvalue weighted by molar-refractivity contribution is 0.766. The molecule has 1 heterocycles. The van der Waals surface area contributed by atoms with Crippen LogP contribution >= 0.6 is 23.3 Å². The van der Waals surface area contributed by atoms with Gasteiger partial charge in [-0.05, 0) is 25.5 Å². The van der Waals surface area contributed by atoms with Crippen molar-refractivity contribution in [2.45, 2.75) is 44.4 Å². The summed E-state index contributed by atoms with van der Waals surface area (Å²) >= 11 is 3.54. The second kappa shape index (κ2) is 5.16. The number of hydrogen-bond donors (Lipinski definition) is 1. The van der Waals surface area contributed by atoms with E-state index in [4.69, 9.17) is 0 Å². The third-order valence-electron chi connectivity index (χ3n) is 2.67. The van der Waals surface area contributed by atoms with Gasteiger partial charge < -0.3 is 5.32 Å². The van der Waals surface area contributed by atoms with E-state index in [0.29, 0.717) is 6.04 Å². The van der Waals surface area contributed by atoms with Crippen molar-refractivity contribution in [1.82, 2.24) is 9.36 Å². The fourth-order valence-corrected chi connectivity index (χ4v) is 3.85. The van der Waals surface area contributed by atoms with Crippen molar-refractivity contribution in [2.75, 3.05) is 11.1 Å². The summed E-state index contributed by atoms with van der Waals surface area (Å²) in [5.41, 5.74) is 0. The van der Waals surface area contributed by atoms with Gasteiger partial charge >= 0.3 is 0 Å². The van der Waals surface area contributed by atoms with Crippen LogP contribution in [0.4, 0.5) is 5.13 Å². The lowest BCUT2D eigenvalue weighted by Crippen LogP contribution is -2.26. The minimum absolute atomic E-state index is 0.599. The maximum Gasteiger partial charge on any atom is 0.202 e. The molecule has 1 fully saturated rings. The van der Waals surface area contributed by atoms with Gasteiger partial charge in [0.1, 0.15) is 5.82 Å². The molecular formula is C10H17N3S2. The summed E-state index contributed by atoms with van der Waals surface area (Å²) in [6.07, 6.45) is 3.96. The molecule has 1 saturated carbocycles. The third kappa shape index (κ3) is 2.84. The first-order valence-electron chi connectivity index (χ1n) is 5.48. The van der Waals surface area contributed by atoms with Gasteiger partial charge in [0.2, 0.25) is 5.13 Å². The fourth-order valence-electron chi connectivity index (χ4n) is 2.02. The summed E-state index contributed by atoms with van der Waals surface area (Å²) < 4.78 is 4.19. The van der Waals surface area contributed by atoms with Crippen LogP contribution in [0, 0.1) is 6.92 Å². The number of hydrogen-bond acceptors (Lipinski definition) is 5. The Bertz CT molecular complexity index is 313. The van der Waals surface area contributed by atoms with Crippen LogP contribution in [0.2, 0.25) is 0 Å². The van der Waals surface area contributed by atoms with E-state index >= 15 is 0 Å². The van der Waals surface area contributed by atoms with Crippen LogP contribution in [0.25, 0.3) is 0 Å². The lowest BCUT2D eigenvalue weighted by Gasteiger charge is -2.19. The van der Waals surface area contributed by atoms with E-state index in [1.807, 2.05) is 6.92 Å². The van der Waals surface area contributed by atoms with E-state index in [0.717, 1.165) is 16.2 Å². The minimum atomic E-state index is 0.599. The van der Waals surface area contributed by atoms with Gasteiger partial charge in [-0.1, -0.05) is 13.3 Å². The Morgan fingerprint density at radius 2 is 2.40 bits per heavy atom. The van der Waals surface area contributed by atoms with Crippen LogP contribution in [0.5, 0.6) is 0 Å². The van der Waals surface area contributed by atoms with E-state index in [-0.39, 0.29) is 0 Å². The average molecular weight is 243 g/mol. The van der Waals surface area contributed by atoms with Crippen molar-refractivity contribution >= 4 is 28.4 Å². The second-order valence-electron chi connectivity index (χ2n) is 3.82. The molecule has 5 heteroatoms. The molecule has 84 valence electrons. The molecule has 15 heavy (non-hydrogen) atoms. The quantitative estimate of drug-likeness (QED) is 0.882. The number of nitrogens with zero attached hydrogens (tertiary/aromatic N) is 2. The van der Waals surface area contributed by atoms with Crippen LogP contribution in [-0.2, 0) is 0 Å². The normalized spacial score (nSPS) is 25.7. The molecular weight excluding hydrogens is 226 g/mol. The summed E-state index contributed by atoms with van der Waals surface area (Å²) in [5.74, 6) is 2.08. The minimum Gasteiger partial charge on any atom is -0.356 e. The van der Waals surface area contributed by atoms with Gasteiger partial charge in [-0.25, -0.2) is 4.98 Å². The first kappa shape index (κ1) is 11.2. The molecule has 0 amide bonds. The maximum absolute atomic E-state index is 4.36. The number of nitrogens with one attached hydrogen (secondary N) is 1. The number of aryl methyl sites for hydroxylation is 1. The van der Waals surface area contributed by atoms with E-state index in [1.165, 1.54) is 36.5 Å². The predicted molar refractivity (Wildman–Crippen MR) is 67.8 cm³/mol. The first-order valence-corrected chi connectivity index (χ1v) is 7.30. The fraction of sp³-hybridized carbons (Fsp3) is 0.800. The summed E-state index contributed by atoms with van der Waals surface area (Å²) in [6, 6.07) is 0.599. The predicted octanol–water partition coefficient (Wildman–Crippen LogP) is 2.93. The van der Waals surface area contributed by atoms with E-state index in [2.05, 4.69) is 33.4 Å². The zero-order chi connectivity index (χ0) is 10.7. The molecule has 1 aromatic rings. The molecule has 2 atom stereocenters. The Labute approximate surface area is 99.2 Å². The maximum atomic E-state index is 4.36. The molecule has 1 aromatic heterocycles. The molecule has 2 rings (SSSR count). The second-order valence-corrected chi connectivity index (χ2v) is 6.09. The molecule has 1 aliphatic rings. The molecule has 0 spiro atoms. The number of anilines is 1. The average Bonchev–Trinajstić information content (AvgIpc) is 2.78. The van der Waals surface area contributed by atoms with Gasteiger partial charge in [0.15, 0.2) is 0 Å². The Morgan fingerprint density at radius 1 is 1.53 bits per heavy atom. The van der Waals surface area contributed by atoms with Crippen LogP contribution in [0.3, 0.4) is 0 Å². The van der Waals surface area contributed by atoms with Gasteiger partial charge in [0, 0.05) is 22.8 Å². The van der Waals surface area contributed by atoms with E-state index < -0.39 is 0 Å². The van der Waals surface area contributed by atoms with Gasteiger partial charge in [0.05, 0.1) is 0 Å². The van der Waals surface area contributed by atoms with Crippen molar-refractivity contribution in [3.05, 3.63) is 5.82 Å². The van der Waals surface area contributed by atoms with Crippen LogP contribution < -0.4 is 5.32 Å². The van der Waals surface area contributed by atoms with Gasteiger partial charge in [-0.3, -0.25) is 0 Å². The summed E-state index contributed by atoms with van der Waals surface area (Å²) in [7, 11) is 0. The third-order valence-corrected chi connectivity index (χ3v) is 4.73. The van der Waals surface area contributed by atoms with Crippen LogP contribution in [0.15, 0.2) is 0 Å². The van der Waals surface area contributed by atoms with Crippen molar-refractivity contribution in [3.8, 4) is 0 Å². The summed E-state index contributed by atoms with van der Waals surface area (Å²) in [6.45, 7) is 4.17. The zero-order valence-corrected chi connectivity index (χ0v) is 10.8. The SMILES string of the molecule is CCS[C@@H]1CCC[C@H]1Nc1nc(C)ns1. The number of aromatic nitrogens is 2. The van der Waals surface area contributed by atoms with Crippen molar-refractivity contribution in [1.29, 1.82) is 0 Å². The molecule has 1 aliphatic carbocycles. The van der Waals surface area contributed by atoms with Gasteiger partial charge in [-0.2, -0.15) is 16.1 Å². The molecule has 1 N–H and O–H groups in total. The molecule has 0 bridgehead atoms. The van der Waals surface area contributed by atoms with Crippen molar-refractivity contribution in [3.63, 3.8) is 0 Å². The van der Waals surface area contributed by atoms with Gasteiger partial charge in [-0.15, -0.1) is 0 Å². The Morgan fingerprint density at radius 3 is 3.07 bits per heavy atom. The van der Waals surface area contributed by atoms with E-state index in [9.17, 15) is 0 Å². The molecule has 0 unspecified atom stereocenters. The highest BCUT2D eigenvalue weighted by atomic mass is 32.2. The largest absolute Gasteiger partial charge is 0.356 e. The smallest absolute Gasteiger partial charge is 0.202 e. The summed E-state index contributed by atoms with van der Waals surface area (Å²) in [4.78, 5) is 4.36.